The van der Waals surface area contributed by atoms with E-state index in [0.29, 0.717) is 34.2 Å². The molecule has 1 aliphatic rings. The zero-order chi connectivity index (χ0) is 26.4. The Balaban J connectivity index is 1.66. The number of likely N-dealkylation sites (tertiary alicyclic amines) is 1. The van der Waals surface area contributed by atoms with E-state index in [1.165, 1.54) is 11.8 Å². The van der Waals surface area contributed by atoms with Crippen molar-refractivity contribution < 1.29 is 19.0 Å². The Morgan fingerprint density at radius 1 is 0.973 bits per heavy atom. The van der Waals surface area contributed by atoms with Crippen LogP contribution in [0.4, 0.5) is 5.95 Å². The minimum Gasteiger partial charge on any atom is -0.493 e. The van der Waals surface area contributed by atoms with Gasteiger partial charge in [0.25, 0.3) is 0 Å². The highest BCUT2D eigenvalue weighted by atomic mass is 32.2. The van der Waals surface area contributed by atoms with Crippen LogP contribution >= 0.6 is 24.0 Å². The number of rotatable bonds is 8. The summed E-state index contributed by atoms with van der Waals surface area (Å²) in [7, 11) is 4.65. The first-order valence-electron chi connectivity index (χ1n) is 11.8. The van der Waals surface area contributed by atoms with Crippen molar-refractivity contribution in [1.82, 2.24) is 20.1 Å². The van der Waals surface area contributed by atoms with Crippen LogP contribution in [0.1, 0.15) is 18.4 Å². The minimum atomic E-state index is -0.257. The molecule has 1 aromatic heterocycles. The lowest BCUT2D eigenvalue weighted by Crippen LogP contribution is -2.25. The van der Waals surface area contributed by atoms with Crippen LogP contribution in [-0.2, 0) is 4.79 Å². The van der Waals surface area contributed by atoms with Gasteiger partial charge >= 0.3 is 0 Å². The molecule has 0 atom stereocenters. The number of thiocarbonyl (C=S) groups is 1. The number of carbonyl (C=O) groups excluding carboxylic acids is 1. The number of nitrogens with one attached hydrogen (secondary N) is 1. The van der Waals surface area contributed by atoms with Crippen LogP contribution in [-0.4, -0.2) is 70.5 Å². The van der Waals surface area contributed by atoms with E-state index < -0.39 is 0 Å². The van der Waals surface area contributed by atoms with Gasteiger partial charge in [-0.1, -0.05) is 53.8 Å². The molecule has 194 valence electrons. The van der Waals surface area contributed by atoms with Gasteiger partial charge < -0.3 is 19.1 Å². The summed E-state index contributed by atoms with van der Waals surface area (Å²) in [5.74, 6) is 1.42. The molecule has 0 aliphatic carbocycles. The van der Waals surface area contributed by atoms with Crippen LogP contribution in [0.2, 0.25) is 0 Å². The number of hydrogen-bond donors (Lipinski definition) is 1. The van der Waals surface area contributed by atoms with Gasteiger partial charge in [-0.15, -0.1) is 10.2 Å². The lowest BCUT2D eigenvalue weighted by atomic mass is 10.0. The summed E-state index contributed by atoms with van der Waals surface area (Å²) in [4.78, 5) is 19.5. The summed E-state index contributed by atoms with van der Waals surface area (Å²) >= 11 is 6.80. The van der Waals surface area contributed by atoms with E-state index in [2.05, 4.69) is 25.4 Å². The van der Waals surface area contributed by atoms with E-state index in [4.69, 9.17) is 26.4 Å². The fourth-order valence-corrected chi connectivity index (χ4v) is 5.03. The Morgan fingerprint density at radius 2 is 1.62 bits per heavy atom. The normalized spacial score (nSPS) is 12.8. The average molecular weight is 540 g/mol. The fourth-order valence-electron chi connectivity index (χ4n) is 3.98. The zero-order valence-electron chi connectivity index (χ0n) is 21.2. The SMILES string of the molecule is COc1cc(-c2nc(NC(=O)CSC(=S)N3CCCC3)nnc2-c2ccc(C)cc2)cc(OC)c1OC. The second-order valence-corrected chi connectivity index (χ2v) is 10.0. The summed E-state index contributed by atoms with van der Waals surface area (Å²) in [5.41, 5.74) is 3.68. The minimum absolute atomic E-state index is 0.0947. The number of hydrogen-bond acceptors (Lipinski definition) is 9. The largest absolute Gasteiger partial charge is 0.493 e. The molecule has 1 amide bonds. The Labute approximate surface area is 225 Å². The van der Waals surface area contributed by atoms with Gasteiger partial charge in [0.05, 0.1) is 27.1 Å². The molecule has 1 fully saturated rings. The molecule has 1 aliphatic heterocycles. The summed E-state index contributed by atoms with van der Waals surface area (Å²) < 4.78 is 17.3. The number of nitrogens with zero attached hydrogens (tertiary/aromatic N) is 4. The van der Waals surface area contributed by atoms with Crippen molar-refractivity contribution in [3.8, 4) is 39.8 Å². The molecule has 1 saturated heterocycles. The molecular formula is C26H29N5O4S2. The van der Waals surface area contributed by atoms with Crippen LogP contribution in [0.15, 0.2) is 36.4 Å². The molecule has 0 unspecified atom stereocenters. The van der Waals surface area contributed by atoms with Crippen molar-refractivity contribution in [3.63, 3.8) is 0 Å². The highest BCUT2D eigenvalue weighted by Gasteiger charge is 2.21. The number of methoxy groups -OCH3 is 3. The lowest BCUT2D eigenvalue weighted by molar-refractivity contribution is -0.113. The molecule has 11 heteroatoms. The molecule has 0 saturated carbocycles. The van der Waals surface area contributed by atoms with E-state index in [9.17, 15) is 4.79 Å². The smallest absolute Gasteiger partial charge is 0.250 e. The maximum Gasteiger partial charge on any atom is 0.250 e. The molecule has 37 heavy (non-hydrogen) atoms. The number of anilines is 1. The molecular weight excluding hydrogens is 510 g/mol. The van der Waals surface area contributed by atoms with E-state index in [0.717, 1.165) is 41.4 Å². The zero-order valence-corrected chi connectivity index (χ0v) is 22.9. The highest BCUT2D eigenvalue weighted by molar-refractivity contribution is 8.23. The third-order valence-electron chi connectivity index (χ3n) is 5.89. The van der Waals surface area contributed by atoms with Crippen molar-refractivity contribution in [2.24, 2.45) is 0 Å². The Kier molecular flexibility index (Phi) is 8.78. The molecule has 4 rings (SSSR count). The second kappa shape index (κ2) is 12.2. The number of ether oxygens (including phenoxy) is 3. The molecule has 0 radical (unpaired) electrons. The van der Waals surface area contributed by atoms with E-state index >= 15 is 0 Å². The van der Waals surface area contributed by atoms with Gasteiger partial charge in [-0.05, 0) is 31.9 Å². The quantitative estimate of drug-likeness (QED) is 0.409. The fraction of sp³-hybridized carbons (Fsp3) is 0.346. The topological polar surface area (TPSA) is 98.7 Å². The summed E-state index contributed by atoms with van der Waals surface area (Å²) in [6.45, 7) is 3.90. The van der Waals surface area contributed by atoms with Crippen LogP contribution in [0.3, 0.4) is 0 Å². The second-order valence-electron chi connectivity index (χ2n) is 8.41. The van der Waals surface area contributed by atoms with Crippen molar-refractivity contribution in [3.05, 3.63) is 42.0 Å². The molecule has 0 bridgehead atoms. The van der Waals surface area contributed by atoms with Gasteiger partial charge in [-0.3, -0.25) is 10.1 Å². The lowest BCUT2D eigenvalue weighted by Gasteiger charge is -2.17. The van der Waals surface area contributed by atoms with Gasteiger partial charge in [0.15, 0.2) is 11.5 Å². The molecule has 3 aromatic rings. The van der Waals surface area contributed by atoms with Crippen molar-refractivity contribution in [2.75, 3.05) is 45.5 Å². The van der Waals surface area contributed by atoms with E-state index in [-0.39, 0.29) is 17.6 Å². The monoisotopic (exact) mass is 539 g/mol. The first-order chi connectivity index (χ1) is 17.9. The number of aromatic nitrogens is 3. The van der Waals surface area contributed by atoms with Gasteiger partial charge in [-0.25, -0.2) is 4.98 Å². The van der Waals surface area contributed by atoms with Gasteiger partial charge in [0.1, 0.15) is 15.7 Å². The molecule has 9 nitrogen and oxygen atoms in total. The molecule has 2 heterocycles. The summed E-state index contributed by atoms with van der Waals surface area (Å²) in [6, 6.07) is 11.5. The standard InChI is InChI=1S/C26H29N5O4S2/c1-16-7-9-17(10-8-16)23-22(18-13-19(33-2)24(35-4)20(14-18)34-3)28-25(30-29-23)27-21(32)15-37-26(36)31-11-5-6-12-31/h7-10,13-14H,5-6,11-12,15H2,1-4H3,(H,27,28,30,32). The highest BCUT2D eigenvalue weighted by Crippen LogP contribution is 2.42. The van der Waals surface area contributed by atoms with Crippen LogP contribution in [0, 0.1) is 6.92 Å². The van der Waals surface area contributed by atoms with Gasteiger partial charge in [-0.2, -0.15) is 0 Å². The predicted molar refractivity (Wildman–Crippen MR) is 150 cm³/mol. The Morgan fingerprint density at radius 3 is 2.22 bits per heavy atom. The van der Waals surface area contributed by atoms with E-state index in [1.54, 1.807) is 33.5 Å². The maximum absolute atomic E-state index is 12.7. The van der Waals surface area contributed by atoms with Crippen molar-refractivity contribution in [2.45, 2.75) is 19.8 Å². The summed E-state index contributed by atoms with van der Waals surface area (Å²) in [5, 5.41) is 11.4. The van der Waals surface area contributed by atoms with Crippen LogP contribution in [0.25, 0.3) is 22.5 Å². The average Bonchev–Trinajstić information content (AvgIpc) is 3.46. The van der Waals surface area contributed by atoms with Gasteiger partial charge in [0, 0.05) is 24.2 Å². The first-order valence-corrected chi connectivity index (χ1v) is 13.2. The third kappa shape index (κ3) is 6.28. The van der Waals surface area contributed by atoms with Gasteiger partial charge in [0.2, 0.25) is 17.6 Å². The Bertz CT molecular complexity index is 1260. The maximum atomic E-state index is 12.7. The number of amides is 1. The first kappa shape index (κ1) is 26.6. The molecule has 1 N–H and O–H groups in total. The van der Waals surface area contributed by atoms with E-state index in [1.807, 2.05) is 31.2 Å². The Hall–Kier alpha value is -3.44. The van der Waals surface area contributed by atoms with Crippen molar-refractivity contribution >= 4 is 40.2 Å². The van der Waals surface area contributed by atoms with Crippen LogP contribution < -0.4 is 19.5 Å². The number of benzene rings is 2. The molecule has 0 spiro atoms. The van der Waals surface area contributed by atoms with Crippen LogP contribution in [0.5, 0.6) is 17.2 Å². The molecule has 2 aromatic carbocycles. The summed E-state index contributed by atoms with van der Waals surface area (Å²) in [6.07, 6.45) is 2.26. The third-order valence-corrected chi connectivity index (χ3v) is 7.42. The van der Waals surface area contributed by atoms with Crippen molar-refractivity contribution in [1.29, 1.82) is 0 Å². The predicted octanol–water partition coefficient (Wildman–Crippen LogP) is 4.59. The number of thioether (sulfide) groups is 1. The number of carbonyl (C=O) groups is 1. The number of aryl methyl sites for hydroxylation is 1.